The van der Waals surface area contributed by atoms with Gasteiger partial charge in [0.05, 0.1) is 13.3 Å². The second-order valence-corrected chi connectivity index (χ2v) is 4.51. The fourth-order valence-corrected chi connectivity index (χ4v) is 2.62. The predicted molar refractivity (Wildman–Crippen MR) is 67.9 cm³/mol. The van der Waals surface area contributed by atoms with Crippen molar-refractivity contribution in [3.8, 4) is 5.75 Å². The monoisotopic (exact) mass is 252 g/mol. The second-order valence-electron chi connectivity index (χ2n) is 3.53. The van der Waals surface area contributed by atoms with Crippen LogP contribution in [0.5, 0.6) is 5.75 Å². The van der Waals surface area contributed by atoms with E-state index in [1.807, 2.05) is 29.1 Å². The number of methoxy groups -OCH3 is 1. The Morgan fingerprint density at radius 1 is 1.65 bits per heavy atom. The smallest absolute Gasteiger partial charge is 0.162 e. The molecule has 0 aliphatic rings. The van der Waals surface area contributed by atoms with Gasteiger partial charge in [0.15, 0.2) is 5.75 Å². The van der Waals surface area contributed by atoms with E-state index in [1.54, 1.807) is 24.6 Å². The van der Waals surface area contributed by atoms with Crippen molar-refractivity contribution in [3.05, 3.63) is 34.3 Å². The zero-order chi connectivity index (χ0) is 12.3. The molecular weight excluding hydrogens is 236 g/mol. The Bertz CT molecular complexity index is 444. The van der Waals surface area contributed by atoms with E-state index >= 15 is 0 Å². The second kappa shape index (κ2) is 5.31. The number of hydrazine groups is 1. The van der Waals surface area contributed by atoms with Crippen LogP contribution in [0.4, 0.5) is 0 Å². The summed E-state index contributed by atoms with van der Waals surface area (Å²) in [7, 11) is 1.64. The quantitative estimate of drug-likeness (QED) is 0.625. The van der Waals surface area contributed by atoms with E-state index in [2.05, 4.69) is 10.5 Å². The van der Waals surface area contributed by atoms with Crippen molar-refractivity contribution in [2.45, 2.75) is 19.5 Å². The first-order valence-corrected chi connectivity index (χ1v) is 6.29. The molecule has 0 saturated carbocycles. The Labute approximate surface area is 104 Å². The highest BCUT2D eigenvalue weighted by Gasteiger charge is 2.22. The van der Waals surface area contributed by atoms with Crippen molar-refractivity contribution in [3.63, 3.8) is 0 Å². The maximum Gasteiger partial charge on any atom is 0.162 e. The maximum atomic E-state index is 5.66. The van der Waals surface area contributed by atoms with Gasteiger partial charge in [0.25, 0.3) is 0 Å². The SMILES string of the molecule is CCn1ncc(OC)c1C(NN)c1cccs1. The van der Waals surface area contributed by atoms with Gasteiger partial charge >= 0.3 is 0 Å². The molecule has 2 rings (SSSR count). The van der Waals surface area contributed by atoms with Gasteiger partial charge in [-0.25, -0.2) is 5.43 Å². The van der Waals surface area contributed by atoms with Crippen LogP contribution >= 0.6 is 11.3 Å². The molecular formula is C11H16N4OS. The standard InChI is InChI=1S/C11H16N4OS/c1-3-15-11(8(16-2)7-13-15)10(14-12)9-5-4-6-17-9/h4-7,10,14H,3,12H2,1-2H3. The number of nitrogens with one attached hydrogen (secondary N) is 1. The first kappa shape index (κ1) is 12.1. The summed E-state index contributed by atoms with van der Waals surface area (Å²) >= 11 is 1.65. The number of rotatable bonds is 5. The minimum Gasteiger partial charge on any atom is -0.493 e. The number of aryl methyl sites for hydroxylation is 1. The third-order valence-electron chi connectivity index (χ3n) is 2.63. The number of nitrogens with two attached hydrogens (primary N) is 1. The first-order chi connectivity index (χ1) is 8.31. The van der Waals surface area contributed by atoms with Crippen LogP contribution in [-0.2, 0) is 6.54 Å². The number of hydrogen-bond donors (Lipinski definition) is 2. The van der Waals surface area contributed by atoms with Crippen LogP contribution in [0.2, 0.25) is 0 Å². The Kier molecular flexibility index (Phi) is 3.78. The molecule has 0 aliphatic carbocycles. The van der Waals surface area contributed by atoms with Gasteiger partial charge < -0.3 is 4.74 Å². The van der Waals surface area contributed by atoms with E-state index in [9.17, 15) is 0 Å². The number of nitrogens with zero attached hydrogens (tertiary/aromatic N) is 2. The van der Waals surface area contributed by atoms with Crippen LogP contribution in [-0.4, -0.2) is 16.9 Å². The van der Waals surface area contributed by atoms with Crippen LogP contribution in [0.1, 0.15) is 23.5 Å². The summed E-state index contributed by atoms with van der Waals surface area (Å²) in [6.07, 6.45) is 1.72. The molecule has 92 valence electrons. The van der Waals surface area contributed by atoms with E-state index in [0.29, 0.717) is 0 Å². The third kappa shape index (κ3) is 2.19. The van der Waals surface area contributed by atoms with Crippen LogP contribution in [0, 0.1) is 0 Å². The molecule has 0 amide bonds. The first-order valence-electron chi connectivity index (χ1n) is 5.41. The zero-order valence-corrected chi connectivity index (χ0v) is 10.7. The highest BCUT2D eigenvalue weighted by atomic mass is 32.1. The molecule has 0 aromatic carbocycles. The van der Waals surface area contributed by atoms with Gasteiger partial charge in [0, 0.05) is 11.4 Å². The van der Waals surface area contributed by atoms with Gasteiger partial charge in [0.2, 0.25) is 0 Å². The van der Waals surface area contributed by atoms with Crippen LogP contribution in [0.25, 0.3) is 0 Å². The summed E-state index contributed by atoms with van der Waals surface area (Å²) in [5, 5.41) is 6.31. The number of ether oxygens (including phenoxy) is 1. The van der Waals surface area contributed by atoms with Crippen molar-refractivity contribution in [2.75, 3.05) is 7.11 Å². The van der Waals surface area contributed by atoms with Crippen molar-refractivity contribution in [1.29, 1.82) is 0 Å². The summed E-state index contributed by atoms with van der Waals surface area (Å²) in [6.45, 7) is 2.82. The van der Waals surface area contributed by atoms with Crippen molar-refractivity contribution in [1.82, 2.24) is 15.2 Å². The summed E-state index contributed by atoms with van der Waals surface area (Å²) in [4.78, 5) is 1.14. The normalized spacial score (nSPS) is 12.6. The molecule has 6 heteroatoms. The fraction of sp³-hybridized carbons (Fsp3) is 0.364. The molecule has 0 spiro atoms. The zero-order valence-electron chi connectivity index (χ0n) is 9.88. The Balaban J connectivity index is 2.46. The molecule has 0 radical (unpaired) electrons. The molecule has 1 unspecified atom stereocenters. The van der Waals surface area contributed by atoms with E-state index < -0.39 is 0 Å². The highest BCUT2D eigenvalue weighted by Crippen LogP contribution is 2.31. The Hall–Kier alpha value is -1.37. The summed E-state index contributed by atoms with van der Waals surface area (Å²) < 4.78 is 7.23. The van der Waals surface area contributed by atoms with Gasteiger partial charge in [-0.1, -0.05) is 6.07 Å². The number of hydrogen-bond acceptors (Lipinski definition) is 5. The average Bonchev–Trinajstić information content (AvgIpc) is 2.99. The summed E-state index contributed by atoms with van der Waals surface area (Å²) in [6, 6.07) is 3.96. The van der Waals surface area contributed by atoms with Gasteiger partial charge in [-0.3, -0.25) is 10.5 Å². The highest BCUT2D eigenvalue weighted by molar-refractivity contribution is 7.10. The summed E-state index contributed by atoms with van der Waals surface area (Å²) in [5.41, 5.74) is 3.78. The molecule has 5 nitrogen and oxygen atoms in total. The molecule has 2 aromatic rings. The molecule has 0 bridgehead atoms. The number of aromatic nitrogens is 2. The lowest BCUT2D eigenvalue weighted by molar-refractivity contribution is 0.400. The number of thiophene rings is 1. The third-order valence-corrected chi connectivity index (χ3v) is 3.57. The minimum absolute atomic E-state index is 0.0904. The molecule has 0 fully saturated rings. The summed E-state index contributed by atoms with van der Waals surface area (Å²) in [5.74, 6) is 6.42. The van der Waals surface area contributed by atoms with Crippen LogP contribution in [0.3, 0.4) is 0 Å². The van der Waals surface area contributed by atoms with Gasteiger partial charge in [-0.15, -0.1) is 11.3 Å². The Morgan fingerprint density at radius 2 is 2.47 bits per heavy atom. The van der Waals surface area contributed by atoms with Crippen molar-refractivity contribution in [2.24, 2.45) is 5.84 Å². The molecule has 3 N–H and O–H groups in total. The lowest BCUT2D eigenvalue weighted by Gasteiger charge is -2.17. The van der Waals surface area contributed by atoms with E-state index in [4.69, 9.17) is 10.6 Å². The topological polar surface area (TPSA) is 65.1 Å². The van der Waals surface area contributed by atoms with E-state index in [0.717, 1.165) is 22.9 Å². The average molecular weight is 252 g/mol. The molecule has 17 heavy (non-hydrogen) atoms. The molecule has 0 saturated heterocycles. The lowest BCUT2D eigenvalue weighted by Crippen LogP contribution is -2.30. The van der Waals surface area contributed by atoms with Crippen molar-refractivity contribution < 1.29 is 4.74 Å². The molecule has 1 atom stereocenters. The van der Waals surface area contributed by atoms with E-state index in [-0.39, 0.29) is 6.04 Å². The maximum absolute atomic E-state index is 5.66. The largest absolute Gasteiger partial charge is 0.493 e. The predicted octanol–water partition coefficient (Wildman–Crippen LogP) is 1.53. The van der Waals surface area contributed by atoms with Crippen LogP contribution < -0.4 is 16.0 Å². The molecule has 0 aliphatic heterocycles. The lowest BCUT2D eigenvalue weighted by atomic mass is 10.1. The van der Waals surface area contributed by atoms with Gasteiger partial charge in [-0.2, -0.15) is 5.10 Å². The molecule has 2 aromatic heterocycles. The Morgan fingerprint density at radius 3 is 3.00 bits per heavy atom. The minimum atomic E-state index is -0.0904. The fourth-order valence-electron chi connectivity index (χ4n) is 1.83. The van der Waals surface area contributed by atoms with Crippen LogP contribution in [0.15, 0.2) is 23.7 Å². The van der Waals surface area contributed by atoms with Crippen molar-refractivity contribution >= 4 is 11.3 Å². The van der Waals surface area contributed by atoms with Gasteiger partial charge in [0.1, 0.15) is 11.7 Å². The molecule has 2 heterocycles. The van der Waals surface area contributed by atoms with Gasteiger partial charge in [-0.05, 0) is 18.4 Å². The van der Waals surface area contributed by atoms with E-state index in [1.165, 1.54) is 0 Å².